The molecule has 0 aromatic carbocycles. The van der Waals surface area contributed by atoms with E-state index in [9.17, 15) is 24.3 Å². The fourth-order valence-electron chi connectivity index (χ4n) is 3.91. The van der Waals surface area contributed by atoms with Crippen LogP contribution >= 0.6 is 0 Å². The fourth-order valence-corrected chi connectivity index (χ4v) is 3.91. The van der Waals surface area contributed by atoms with Crippen LogP contribution in [0, 0.1) is 5.92 Å². The minimum Gasteiger partial charge on any atom is -0.489 e. The van der Waals surface area contributed by atoms with Gasteiger partial charge in [0.15, 0.2) is 5.78 Å². The Hall–Kier alpha value is -2.74. The predicted octanol–water partition coefficient (Wildman–Crippen LogP) is 3.12. The summed E-state index contributed by atoms with van der Waals surface area (Å²) in [6.45, 7) is 4.98. The molecule has 2 bridgehead atoms. The van der Waals surface area contributed by atoms with Gasteiger partial charge in [-0.2, -0.15) is 0 Å². The van der Waals surface area contributed by atoms with E-state index in [1.165, 1.54) is 13.0 Å². The summed E-state index contributed by atoms with van der Waals surface area (Å²) in [5, 5.41) is 10.4. The summed E-state index contributed by atoms with van der Waals surface area (Å²) in [6, 6.07) is 0. The Morgan fingerprint density at radius 2 is 1.97 bits per heavy atom. The molecule has 0 aromatic heterocycles. The molecule has 0 aromatic rings. The van der Waals surface area contributed by atoms with E-state index in [2.05, 4.69) is 0 Å². The molecule has 0 amide bonds. The number of rotatable bonds is 4. The van der Waals surface area contributed by atoms with E-state index in [4.69, 9.17) is 14.2 Å². The fraction of sp³-hybridized carbons (Fsp3) is 0.600. The van der Waals surface area contributed by atoms with E-state index >= 15 is 0 Å². The van der Waals surface area contributed by atoms with E-state index in [-0.39, 0.29) is 36.6 Å². The second-order valence-electron chi connectivity index (χ2n) is 8.41. The number of aliphatic hydroxyl groups is 1. The molecule has 0 saturated heterocycles. The second kappa shape index (κ2) is 13.1. The Labute approximate surface area is 194 Å². The maximum absolute atomic E-state index is 13.0. The number of carbonyl (C=O) groups excluding carboxylic acids is 4. The molecule has 2 rings (SSSR count). The van der Waals surface area contributed by atoms with Crippen molar-refractivity contribution in [3.05, 3.63) is 36.1 Å². The van der Waals surface area contributed by atoms with Crippen molar-refractivity contribution in [1.29, 1.82) is 0 Å². The summed E-state index contributed by atoms with van der Waals surface area (Å²) in [7, 11) is 0. The molecule has 2 aliphatic rings. The minimum atomic E-state index is -1.22. The first-order chi connectivity index (χ1) is 15.7. The summed E-state index contributed by atoms with van der Waals surface area (Å²) in [4.78, 5) is 49.2. The van der Waals surface area contributed by atoms with Gasteiger partial charge in [0.1, 0.15) is 29.9 Å². The molecule has 0 spiro atoms. The van der Waals surface area contributed by atoms with E-state index in [0.29, 0.717) is 25.7 Å². The summed E-state index contributed by atoms with van der Waals surface area (Å²) >= 11 is 0. The van der Waals surface area contributed by atoms with E-state index in [0.717, 1.165) is 0 Å². The molecule has 5 atom stereocenters. The number of ketones is 2. The lowest BCUT2D eigenvalue weighted by Crippen LogP contribution is -2.31. The SMILES string of the molecule is C/C=C/CC1C(=O)CC(O)CC(=O)OC(CC)CC(OC(C)=O)C/C=C/C2CC(=O)C=C1O2. The Morgan fingerprint density at radius 3 is 2.64 bits per heavy atom. The standard InChI is InChI=1S/C25H34O8/c1-4-6-10-22-23(29)12-18(28)14-25(30)33-19(5-2)15-21(31-16(3)26)9-7-8-20-11-17(27)13-24(22)32-20/h4,6-8,13,18-22,28H,5,9-12,14-15H2,1-3H3/b6-4+,8-7+. The third-order valence-electron chi connectivity index (χ3n) is 5.53. The zero-order valence-electron chi connectivity index (χ0n) is 19.5. The molecule has 8 heteroatoms. The molecule has 0 radical (unpaired) electrons. The van der Waals surface area contributed by atoms with Crippen LogP contribution < -0.4 is 0 Å². The van der Waals surface area contributed by atoms with Crippen LogP contribution in [0.5, 0.6) is 0 Å². The maximum atomic E-state index is 13.0. The molecule has 0 saturated carbocycles. The number of hydrogen-bond donors (Lipinski definition) is 1. The van der Waals surface area contributed by atoms with Crippen molar-refractivity contribution in [2.75, 3.05) is 0 Å². The summed E-state index contributed by atoms with van der Waals surface area (Å²) in [5.74, 6) is -2.02. The lowest BCUT2D eigenvalue weighted by atomic mass is 9.90. The Morgan fingerprint density at radius 1 is 1.21 bits per heavy atom. The third-order valence-corrected chi connectivity index (χ3v) is 5.53. The number of fused-ring (bicyclic) bond motifs is 2. The minimum absolute atomic E-state index is 0.139. The Kier molecular flexibility index (Phi) is 10.5. The van der Waals surface area contributed by atoms with Crippen LogP contribution in [0.4, 0.5) is 0 Å². The number of esters is 2. The second-order valence-corrected chi connectivity index (χ2v) is 8.41. The van der Waals surface area contributed by atoms with Crippen molar-refractivity contribution in [3.63, 3.8) is 0 Å². The van der Waals surface area contributed by atoms with Crippen LogP contribution in [-0.4, -0.2) is 53.0 Å². The molecule has 8 nitrogen and oxygen atoms in total. The van der Waals surface area contributed by atoms with Crippen molar-refractivity contribution >= 4 is 23.5 Å². The molecule has 182 valence electrons. The van der Waals surface area contributed by atoms with Crippen molar-refractivity contribution in [2.45, 2.75) is 90.1 Å². The number of aliphatic hydroxyl groups excluding tert-OH is 1. The van der Waals surface area contributed by atoms with Gasteiger partial charge in [-0.05, 0) is 25.8 Å². The van der Waals surface area contributed by atoms with Crippen molar-refractivity contribution in [1.82, 2.24) is 0 Å². The molecule has 1 N–H and O–H groups in total. The van der Waals surface area contributed by atoms with E-state index < -0.39 is 42.3 Å². The Balaban J connectivity index is 2.34. The van der Waals surface area contributed by atoms with Crippen molar-refractivity contribution in [2.24, 2.45) is 5.92 Å². The van der Waals surface area contributed by atoms with Crippen molar-refractivity contribution in [3.8, 4) is 0 Å². The zero-order valence-corrected chi connectivity index (χ0v) is 19.5. The van der Waals surface area contributed by atoms with Crippen LogP contribution in [0.2, 0.25) is 0 Å². The molecule has 33 heavy (non-hydrogen) atoms. The Bertz CT molecular complexity index is 809. The predicted molar refractivity (Wildman–Crippen MR) is 120 cm³/mol. The molecular formula is C25H34O8. The topological polar surface area (TPSA) is 116 Å². The number of carbonyl (C=O) groups is 4. The van der Waals surface area contributed by atoms with Gasteiger partial charge in [-0.3, -0.25) is 19.2 Å². The molecule has 0 fully saturated rings. The number of allylic oxidation sites excluding steroid dienone is 4. The van der Waals surface area contributed by atoms with Gasteiger partial charge in [-0.15, -0.1) is 0 Å². The lowest BCUT2D eigenvalue weighted by molar-refractivity contribution is -0.155. The highest BCUT2D eigenvalue weighted by molar-refractivity contribution is 5.93. The molecule has 2 heterocycles. The monoisotopic (exact) mass is 462 g/mol. The van der Waals surface area contributed by atoms with Crippen molar-refractivity contribution < 1.29 is 38.5 Å². The number of hydrogen-bond acceptors (Lipinski definition) is 8. The molecule has 5 unspecified atom stereocenters. The van der Waals surface area contributed by atoms with Gasteiger partial charge in [0.05, 0.1) is 24.9 Å². The number of ether oxygens (including phenoxy) is 3. The number of cyclic esters (lactones) is 1. The summed E-state index contributed by atoms with van der Waals surface area (Å²) in [6.07, 6.45) is 6.65. The van der Waals surface area contributed by atoms with Gasteiger partial charge in [-0.1, -0.05) is 25.2 Å². The van der Waals surface area contributed by atoms with Gasteiger partial charge >= 0.3 is 11.9 Å². The highest BCUT2D eigenvalue weighted by Gasteiger charge is 2.32. The summed E-state index contributed by atoms with van der Waals surface area (Å²) in [5.41, 5.74) is 0. The highest BCUT2D eigenvalue weighted by Crippen LogP contribution is 2.28. The smallest absolute Gasteiger partial charge is 0.308 e. The summed E-state index contributed by atoms with van der Waals surface area (Å²) < 4.78 is 16.8. The first-order valence-corrected chi connectivity index (χ1v) is 11.5. The maximum Gasteiger partial charge on any atom is 0.308 e. The van der Waals surface area contributed by atoms with Crippen LogP contribution in [0.25, 0.3) is 0 Å². The molecule has 0 aliphatic carbocycles. The van der Waals surface area contributed by atoms with Crippen LogP contribution in [-0.2, 0) is 33.4 Å². The van der Waals surface area contributed by atoms with Crippen LogP contribution in [0.1, 0.15) is 65.7 Å². The molecule has 2 aliphatic heterocycles. The largest absolute Gasteiger partial charge is 0.489 e. The van der Waals surface area contributed by atoms with Gasteiger partial charge in [0, 0.05) is 32.3 Å². The van der Waals surface area contributed by atoms with Gasteiger partial charge < -0.3 is 19.3 Å². The zero-order chi connectivity index (χ0) is 24.4. The average molecular weight is 463 g/mol. The quantitative estimate of drug-likeness (QED) is 0.500. The average Bonchev–Trinajstić information content (AvgIpc) is 2.71. The van der Waals surface area contributed by atoms with Crippen LogP contribution in [0.15, 0.2) is 36.1 Å². The molecular weight excluding hydrogens is 428 g/mol. The lowest BCUT2D eigenvalue weighted by Gasteiger charge is -2.27. The third kappa shape index (κ3) is 8.96. The van der Waals surface area contributed by atoms with Gasteiger partial charge in [0.25, 0.3) is 0 Å². The first kappa shape index (κ1) is 26.5. The van der Waals surface area contributed by atoms with Crippen LogP contribution in [0.3, 0.4) is 0 Å². The highest BCUT2D eigenvalue weighted by atomic mass is 16.6. The van der Waals surface area contributed by atoms with Gasteiger partial charge in [-0.25, -0.2) is 0 Å². The van der Waals surface area contributed by atoms with Gasteiger partial charge in [0.2, 0.25) is 0 Å². The first-order valence-electron chi connectivity index (χ1n) is 11.5. The van der Waals surface area contributed by atoms with E-state index in [1.54, 1.807) is 24.3 Å². The normalized spacial score (nSPS) is 30.8. The van der Waals surface area contributed by atoms with E-state index in [1.807, 2.05) is 13.8 Å². The number of Topliss-reactive ketones (excluding diaryl/α,β-unsaturated/α-hetero) is 1.